The van der Waals surface area contributed by atoms with Gasteiger partial charge in [0.05, 0.1) is 0 Å². The topological polar surface area (TPSA) is 91.3 Å². The second-order valence-electron chi connectivity index (χ2n) is 3.48. The SMILES string of the molecule is CC(=O)NCCCNc1cccc(C(=O)O)n1. The van der Waals surface area contributed by atoms with Crippen LogP contribution in [-0.2, 0) is 4.79 Å². The number of nitrogens with one attached hydrogen (secondary N) is 2. The Morgan fingerprint density at radius 3 is 2.76 bits per heavy atom. The molecule has 0 bridgehead atoms. The Bertz CT molecular complexity index is 407. The normalized spacial score (nSPS) is 9.71. The van der Waals surface area contributed by atoms with Crippen LogP contribution < -0.4 is 10.6 Å². The Labute approximate surface area is 99.1 Å². The number of carboxylic acid groups (broad SMARTS) is 1. The van der Waals surface area contributed by atoms with Gasteiger partial charge in [-0.2, -0.15) is 0 Å². The molecule has 3 N–H and O–H groups in total. The molecule has 0 spiro atoms. The van der Waals surface area contributed by atoms with Crippen molar-refractivity contribution in [2.45, 2.75) is 13.3 Å². The first-order valence-electron chi connectivity index (χ1n) is 5.28. The smallest absolute Gasteiger partial charge is 0.354 e. The van der Waals surface area contributed by atoms with Gasteiger partial charge >= 0.3 is 5.97 Å². The maximum Gasteiger partial charge on any atom is 0.354 e. The molecule has 1 aromatic rings. The van der Waals surface area contributed by atoms with Gasteiger partial charge in [0.1, 0.15) is 5.82 Å². The van der Waals surface area contributed by atoms with Crippen LogP contribution in [0.3, 0.4) is 0 Å². The fourth-order valence-electron chi connectivity index (χ4n) is 1.22. The summed E-state index contributed by atoms with van der Waals surface area (Å²) in [7, 11) is 0. The molecule has 0 aromatic carbocycles. The molecule has 6 heteroatoms. The highest BCUT2D eigenvalue weighted by Gasteiger charge is 2.04. The lowest BCUT2D eigenvalue weighted by Crippen LogP contribution is -2.22. The summed E-state index contributed by atoms with van der Waals surface area (Å²) in [5.41, 5.74) is 0.0110. The van der Waals surface area contributed by atoms with Gasteiger partial charge in [-0.3, -0.25) is 4.79 Å². The summed E-state index contributed by atoms with van der Waals surface area (Å²) in [6.07, 6.45) is 0.749. The van der Waals surface area contributed by atoms with Gasteiger partial charge in [0.2, 0.25) is 5.91 Å². The number of rotatable bonds is 6. The van der Waals surface area contributed by atoms with E-state index in [0.29, 0.717) is 18.9 Å². The van der Waals surface area contributed by atoms with Gasteiger partial charge in [0.25, 0.3) is 0 Å². The summed E-state index contributed by atoms with van der Waals surface area (Å²) in [4.78, 5) is 25.2. The molecule has 1 heterocycles. The number of amides is 1. The lowest BCUT2D eigenvalue weighted by atomic mass is 10.3. The molecule has 0 saturated heterocycles. The highest BCUT2D eigenvalue weighted by atomic mass is 16.4. The summed E-state index contributed by atoms with van der Waals surface area (Å²) in [5.74, 6) is -0.587. The van der Waals surface area contributed by atoms with Crippen molar-refractivity contribution in [1.82, 2.24) is 10.3 Å². The van der Waals surface area contributed by atoms with Crippen LogP contribution in [0.2, 0.25) is 0 Å². The molecule has 1 aromatic heterocycles. The van der Waals surface area contributed by atoms with E-state index < -0.39 is 5.97 Å². The summed E-state index contributed by atoms with van der Waals surface area (Å²) < 4.78 is 0. The Balaban J connectivity index is 2.34. The molecule has 0 aliphatic rings. The van der Waals surface area contributed by atoms with Crippen molar-refractivity contribution < 1.29 is 14.7 Å². The Morgan fingerprint density at radius 1 is 1.35 bits per heavy atom. The summed E-state index contributed by atoms with van der Waals surface area (Å²) >= 11 is 0. The van der Waals surface area contributed by atoms with E-state index in [2.05, 4.69) is 15.6 Å². The van der Waals surface area contributed by atoms with Gasteiger partial charge in [-0.25, -0.2) is 9.78 Å². The minimum atomic E-state index is -1.05. The van der Waals surface area contributed by atoms with E-state index in [4.69, 9.17) is 5.11 Å². The van der Waals surface area contributed by atoms with Gasteiger partial charge in [-0.1, -0.05) is 6.07 Å². The second kappa shape index (κ2) is 6.47. The summed E-state index contributed by atoms with van der Waals surface area (Å²) in [6, 6.07) is 4.77. The van der Waals surface area contributed by atoms with Gasteiger partial charge < -0.3 is 15.7 Å². The first-order chi connectivity index (χ1) is 8.09. The zero-order valence-electron chi connectivity index (χ0n) is 9.56. The lowest BCUT2D eigenvalue weighted by Gasteiger charge is -2.06. The highest BCUT2D eigenvalue weighted by Crippen LogP contribution is 2.04. The molecular formula is C11H15N3O3. The van der Waals surface area contributed by atoms with Crippen molar-refractivity contribution in [2.24, 2.45) is 0 Å². The van der Waals surface area contributed by atoms with Crippen molar-refractivity contribution in [2.75, 3.05) is 18.4 Å². The fourth-order valence-corrected chi connectivity index (χ4v) is 1.22. The first-order valence-corrected chi connectivity index (χ1v) is 5.28. The second-order valence-corrected chi connectivity index (χ2v) is 3.48. The molecule has 0 aliphatic heterocycles. The molecule has 0 fully saturated rings. The average molecular weight is 237 g/mol. The van der Waals surface area contributed by atoms with Crippen molar-refractivity contribution >= 4 is 17.7 Å². The number of aromatic carboxylic acids is 1. The average Bonchev–Trinajstić information content (AvgIpc) is 2.28. The minimum Gasteiger partial charge on any atom is -0.477 e. The number of hydrogen-bond acceptors (Lipinski definition) is 4. The molecule has 0 radical (unpaired) electrons. The molecule has 0 atom stereocenters. The summed E-state index contributed by atoms with van der Waals surface area (Å²) in [6.45, 7) is 2.67. The number of anilines is 1. The quantitative estimate of drug-likeness (QED) is 0.634. The third-order valence-electron chi connectivity index (χ3n) is 2.00. The molecule has 17 heavy (non-hydrogen) atoms. The van der Waals surface area contributed by atoms with Crippen LogP contribution in [0.15, 0.2) is 18.2 Å². The number of carbonyl (C=O) groups is 2. The van der Waals surface area contributed by atoms with Crippen molar-refractivity contribution in [3.05, 3.63) is 23.9 Å². The van der Waals surface area contributed by atoms with Crippen LogP contribution in [-0.4, -0.2) is 35.1 Å². The number of carbonyl (C=O) groups excluding carboxylic acids is 1. The number of nitrogens with zero attached hydrogens (tertiary/aromatic N) is 1. The van der Waals surface area contributed by atoms with Crippen molar-refractivity contribution in [3.63, 3.8) is 0 Å². The minimum absolute atomic E-state index is 0.0110. The van der Waals surface area contributed by atoms with Crippen LogP contribution >= 0.6 is 0 Å². The Hall–Kier alpha value is -2.11. The standard InChI is InChI=1S/C11H15N3O3/c1-8(15)12-6-3-7-13-10-5-2-4-9(14-10)11(16)17/h2,4-5H,3,6-7H2,1H3,(H,12,15)(H,13,14)(H,16,17). The van der Waals surface area contributed by atoms with E-state index in [0.717, 1.165) is 6.42 Å². The van der Waals surface area contributed by atoms with E-state index in [-0.39, 0.29) is 11.6 Å². The molecule has 6 nitrogen and oxygen atoms in total. The maximum atomic E-state index is 10.7. The first kappa shape index (κ1) is 13.0. The molecule has 1 rings (SSSR count). The van der Waals surface area contributed by atoms with Gasteiger partial charge in [-0.15, -0.1) is 0 Å². The Kier molecular flexibility index (Phi) is 4.93. The zero-order valence-corrected chi connectivity index (χ0v) is 9.56. The van der Waals surface area contributed by atoms with E-state index >= 15 is 0 Å². The van der Waals surface area contributed by atoms with Crippen molar-refractivity contribution in [1.29, 1.82) is 0 Å². The van der Waals surface area contributed by atoms with Crippen molar-refractivity contribution in [3.8, 4) is 0 Å². The summed E-state index contributed by atoms with van der Waals surface area (Å²) in [5, 5.41) is 14.4. The number of hydrogen-bond donors (Lipinski definition) is 3. The van der Waals surface area contributed by atoms with Crippen LogP contribution in [0.1, 0.15) is 23.8 Å². The molecule has 92 valence electrons. The number of carboxylic acids is 1. The fraction of sp³-hybridized carbons (Fsp3) is 0.364. The zero-order chi connectivity index (χ0) is 12.7. The van der Waals surface area contributed by atoms with E-state index in [1.54, 1.807) is 12.1 Å². The third kappa shape index (κ3) is 4.96. The molecule has 0 saturated carbocycles. The monoisotopic (exact) mass is 237 g/mol. The molecule has 1 amide bonds. The number of aromatic nitrogens is 1. The van der Waals surface area contributed by atoms with E-state index in [1.807, 2.05) is 0 Å². The van der Waals surface area contributed by atoms with Crippen LogP contribution in [0.25, 0.3) is 0 Å². The number of pyridine rings is 1. The predicted molar refractivity (Wildman–Crippen MR) is 63.0 cm³/mol. The van der Waals surface area contributed by atoms with E-state index in [1.165, 1.54) is 13.0 Å². The van der Waals surface area contributed by atoms with Gasteiger partial charge in [0.15, 0.2) is 5.69 Å². The largest absolute Gasteiger partial charge is 0.477 e. The van der Waals surface area contributed by atoms with Crippen LogP contribution in [0.4, 0.5) is 5.82 Å². The third-order valence-corrected chi connectivity index (χ3v) is 2.00. The highest BCUT2D eigenvalue weighted by molar-refractivity contribution is 5.85. The van der Waals surface area contributed by atoms with Gasteiger partial charge in [0, 0.05) is 20.0 Å². The maximum absolute atomic E-state index is 10.7. The van der Waals surface area contributed by atoms with Crippen LogP contribution in [0.5, 0.6) is 0 Å². The van der Waals surface area contributed by atoms with Crippen LogP contribution in [0, 0.1) is 0 Å². The van der Waals surface area contributed by atoms with E-state index in [9.17, 15) is 9.59 Å². The predicted octanol–water partition coefficient (Wildman–Crippen LogP) is 0.718. The Morgan fingerprint density at radius 2 is 2.12 bits per heavy atom. The lowest BCUT2D eigenvalue weighted by molar-refractivity contribution is -0.118. The van der Waals surface area contributed by atoms with Gasteiger partial charge in [-0.05, 0) is 18.6 Å². The molecule has 0 aliphatic carbocycles. The molecular weight excluding hydrogens is 222 g/mol. The molecule has 0 unspecified atom stereocenters.